The molecule has 0 spiro atoms. The summed E-state index contributed by atoms with van der Waals surface area (Å²) in [6, 6.07) is 4.41. The standard InChI is InChI=1S/C10H17N3O3S/c1-2-13(3-4-14)9-5-8(11)6-10(7-9)17(12,15)16/h5-7,14H,2-4,11H2,1H3,(H2,12,15,16). The molecule has 1 aromatic rings. The molecule has 0 saturated heterocycles. The van der Waals surface area contributed by atoms with Crippen molar-refractivity contribution in [2.45, 2.75) is 11.8 Å². The summed E-state index contributed by atoms with van der Waals surface area (Å²) in [6.07, 6.45) is 0. The minimum atomic E-state index is -3.77. The Morgan fingerprint density at radius 1 is 1.35 bits per heavy atom. The molecule has 0 radical (unpaired) electrons. The molecule has 0 heterocycles. The van der Waals surface area contributed by atoms with E-state index in [1.165, 1.54) is 12.1 Å². The molecule has 0 amide bonds. The van der Waals surface area contributed by atoms with Crippen LogP contribution in [0.25, 0.3) is 0 Å². The van der Waals surface area contributed by atoms with Crippen LogP contribution in [-0.2, 0) is 10.0 Å². The average Bonchev–Trinajstić information content (AvgIpc) is 2.23. The molecule has 0 aliphatic rings. The van der Waals surface area contributed by atoms with Gasteiger partial charge in [-0.3, -0.25) is 0 Å². The molecule has 0 fully saturated rings. The third kappa shape index (κ3) is 3.58. The first-order valence-corrected chi connectivity index (χ1v) is 6.72. The van der Waals surface area contributed by atoms with Crippen molar-refractivity contribution >= 4 is 21.4 Å². The number of nitrogens with two attached hydrogens (primary N) is 2. The molecule has 1 rings (SSSR count). The van der Waals surface area contributed by atoms with Crippen LogP contribution in [0, 0.1) is 0 Å². The van der Waals surface area contributed by atoms with E-state index in [2.05, 4.69) is 0 Å². The van der Waals surface area contributed by atoms with Crippen LogP contribution >= 0.6 is 0 Å². The molecule has 7 heteroatoms. The molecule has 0 aliphatic carbocycles. The molecule has 6 nitrogen and oxygen atoms in total. The van der Waals surface area contributed by atoms with Crippen molar-refractivity contribution in [3.63, 3.8) is 0 Å². The van der Waals surface area contributed by atoms with E-state index in [1.807, 2.05) is 11.8 Å². The van der Waals surface area contributed by atoms with Gasteiger partial charge in [0.1, 0.15) is 0 Å². The fourth-order valence-corrected chi connectivity index (χ4v) is 2.13. The van der Waals surface area contributed by atoms with Gasteiger partial charge in [0.05, 0.1) is 11.5 Å². The van der Waals surface area contributed by atoms with Crippen LogP contribution in [0.1, 0.15) is 6.92 Å². The van der Waals surface area contributed by atoms with Gasteiger partial charge in [-0.1, -0.05) is 0 Å². The molecule has 5 N–H and O–H groups in total. The van der Waals surface area contributed by atoms with Crippen LogP contribution in [0.4, 0.5) is 11.4 Å². The lowest BCUT2D eigenvalue weighted by molar-refractivity contribution is 0.302. The van der Waals surface area contributed by atoms with Crippen LogP contribution < -0.4 is 15.8 Å². The molecular weight excluding hydrogens is 242 g/mol. The zero-order valence-corrected chi connectivity index (χ0v) is 10.4. The molecule has 0 bridgehead atoms. The predicted octanol–water partition coefficient (Wildman–Crippen LogP) is -0.265. The predicted molar refractivity (Wildman–Crippen MR) is 67.2 cm³/mol. The highest BCUT2D eigenvalue weighted by Gasteiger charge is 2.12. The maximum atomic E-state index is 11.3. The molecule has 0 atom stereocenters. The summed E-state index contributed by atoms with van der Waals surface area (Å²) in [5.41, 5.74) is 6.59. The number of likely N-dealkylation sites (N-methyl/N-ethyl adjacent to an activating group) is 1. The Hall–Kier alpha value is -1.31. The summed E-state index contributed by atoms with van der Waals surface area (Å²) in [5, 5.41) is 14.0. The molecule has 0 unspecified atom stereocenters. The van der Waals surface area contributed by atoms with Crippen LogP contribution in [0.3, 0.4) is 0 Å². The van der Waals surface area contributed by atoms with Gasteiger partial charge in [0.2, 0.25) is 10.0 Å². The van der Waals surface area contributed by atoms with Gasteiger partial charge in [0.15, 0.2) is 0 Å². The van der Waals surface area contributed by atoms with Gasteiger partial charge in [0, 0.05) is 24.5 Å². The van der Waals surface area contributed by atoms with Crippen molar-refractivity contribution in [3.8, 4) is 0 Å². The number of aliphatic hydroxyl groups is 1. The monoisotopic (exact) mass is 259 g/mol. The Kier molecular flexibility index (Phi) is 4.33. The first-order valence-electron chi connectivity index (χ1n) is 5.17. The van der Waals surface area contributed by atoms with Crippen molar-refractivity contribution < 1.29 is 13.5 Å². The summed E-state index contributed by atoms with van der Waals surface area (Å²) in [5.74, 6) is 0. The Morgan fingerprint density at radius 3 is 2.47 bits per heavy atom. The lowest BCUT2D eigenvalue weighted by Gasteiger charge is -2.22. The summed E-state index contributed by atoms with van der Waals surface area (Å²) in [7, 11) is -3.77. The number of hydrogen-bond donors (Lipinski definition) is 3. The van der Waals surface area contributed by atoms with Crippen molar-refractivity contribution in [1.82, 2.24) is 0 Å². The average molecular weight is 259 g/mol. The van der Waals surface area contributed by atoms with E-state index in [9.17, 15) is 8.42 Å². The summed E-state index contributed by atoms with van der Waals surface area (Å²) in [6.45, 7) is 2.92. The maximum absolute atomic E-state index is 11.3. The zero-order valence-electron chi connectivity index (χ0n) is 9.63. The van der Waals surface area contributed by atoms with E-state index >= 15 is 0 Å². The first-order chi connectivity index (χ1) is 7.88. The van der Waals surface area contributed by atoms with Gasteiger partial charge in [-0.05, 0) is 25.1 Å². The number of nitrogen functional groups attached to an aromatic ring is 1. The van der Waals surface area contributed by atoms with E-state index in [0.717, 1.165) is 0 Å². The lowest BCUT2D eigenvalue weighted by Crippen LogP contribution is -2.26. The zero-order chi connectivity index (χ0) is 13.1. The third-order valence-corrected chi connectivity index (χ3v) is 3.25. The largest absolute Gasteiger partial charge is 0.399 e. The molecular formula is C10H17N3O3S. The van der Waals surface area contributed by atoms with E-state index in [1.54, 1.807) is 6.07 Å². The molecule has 96 valence electrons. The molecule has 17 heavy (non-hydrogen) atoms. The highest BCUT2D eigenvalue weighted by atomic mass is 32.2. The van der Waals surface area contributed by atoms with Gasteiger partial charge in [-0.25, -0.2) is 13.6 Å². The normalized spacial score (nSPS) is 11.5. The number of nitrogens with zero attached hydrogens (tertiary/aromatic N) is 1. The van der Waals surface area contributed by atoms with E-state index in [-0.39, 0.29) is 11.5 Å². The van der Waals surface area contributed by atoms with Crippen LogP contribution in [-0.4, -0.2) is 33.2 Å². The van der Waals surface area contributed by atoms with E-state index in [0.29, 0.717) is 24.5 Å². The second kappa shape index (κ2) is 5.35. The Bertz CT molecular complexity index is 488. The highest BCUT2D eigenvalue weighted by Crippen LogP contribution is 2.22. The number of anilines is 2. The number of sulfonamides is 1. The van der Waals surface area contributed by atoms with Crippen molar-refractivity contribution in [2.75, 3.05) is 30.3 Å². The molecule has 0 saturated carbocycles. The SMILES string of the molecule is CCN(CCO)c1cc(N)cc(S(N)(=O)=O)c1. The quantitative estimate of drug-likeness (QED) is 0.631. The van der Waals surface area contributed by atoms with Crippen LogP contribution in [0.15, 0.2) is 23.1 Å². The van der Waals surface area contributed by atoms with Crippen molar-refractivity contribution in [1.29, 1.82) is 0 Å². The number of hydrogen-bond acceptors (Lipinski definition) is 5. The van der Waals surface area contributed by atoms with E-state index in [4.69, 9.17) is 16.0 Å². The van der Waals surface area contributed by atoms with Crippen LogP contribution in [0.2, 0.25) is 0 Å². The van der Waals surface area contributed by atoms with Gasteiger partial charge in [-0.15, -0.1) is 0 Å². The van der Waals surface area contributed by atoms with E-state index < -0.39 is 10.0 Å². The minimum absolute atomic E-state index is 0.0205. The Morgan fingerprint density at radius 2 is 2.00 bits per heavy atom. The highest BCUT2D eigenvalue weighted by molar-refractivity contribution is 7.89. The smallest absolute Gasteiger partial charge is 0.238 e. The second-order valence-corrected chi connectivity index (χ2v) is 5.17. The van der Waals surface area contributed by atoms with Crippen molar-refractivity contribution in [3.05, 3.63) is 18.2 Å². The minimum Gasteiger partial charge on any atom is -0.399 e. The van der Waals surface area contributed by atoms with Gasteiger partial charge < -0.3 is 15.7 Å². The summed E-state index contributed by atoms with van der Waals surface area (Å²) in [4.78, 5) is 1.79. The molecule has 0 aromatic heterocycles. The Labute approximate surface area is 101 Å². The van der Waals surface area contributed by atoms with Crippen LogP contribution in [0.5, 0.6) is 0 Å². The second-order valence-electron chi connectivity index (χ2n) is 3.61. The number of benzene rings is 1. The number of rotatable bonds is 5. The first kappa shape index (κ1) is 13.8. The number of aliphatic hydroxyl groups excluding tert-OH is 1. The number of primary sulfonamides is 1. The Balaban J connectivity index is 3.21. The van der Waals surface area contributed by atoms with Gasteiger partial charge >= 0.3 is 0 Å². The molecule has 0 aliphatic heterocycles. The van der Waals surface area contributed by atoms with Gasteiger partial charge in [0.25, 0.3) is 0 Å². The molecule has 1 aromatic carbocycles. The third-order valence-electron chi connectivity index (χ3n) is 2.36. The lowest BCUT2D eigenvalue weighted by atomic mass is 10.2. The fraction of sp³-hybridized carbons (Fsp3) is 0.400. The summed E-state index contributed by atoms with van der Waals surface area (Å²) < 4.78 is 22.5. The maximum Gasteiger partial charge on any atom is 0.238 e. The summed E-state index contributed by atoms with van der Waals surface area (Å²) >= 11 is 0. The van der Waals surface area contributed by atoms with Crippen molar-refractivity contribution in [2.24, 2.45) is 5.14 Å². The topological polar surface area (TPSA) is 110 Å². The van der Waals surface area contributed by atoms with Gasteiger partial charge in [-0.2, -0.15) is 0 Å². The fourth-order valence-electron chi connectivity index (χ4n) is 1.54.